The predicted octanol–water partition coefficient (Wildman–Crippen LogP) is 8.23. The summed E-state index contributed by atoms with van der Waals surface area (Å²) in [5, 5.41) is 5.66. The maximum Gasteiger partial charge on any atom is 0.222 e. The van der Waals surface area contributed by atoms with Gasteiger partial charge in [-0.1, -0.05) is 104 Å². The fourth-order valence-corrected chi connectivity index (χ4v) is 8.77. The van der Waals surface area contributed by atoms with Gasteiger partial charge in [0.25, 0.3) is 0 Å². The first-order valence-electron chi connectivity index (χ1n) is 24.8. The number of benzene rings is 1. The largest absolute Gasteiger partial charge is 0.379 e. The molecule has 1 aliphatic heterocycles. The van der Waals surface area contributed by atoms with Crippen LogP contribution in [0.3, 0.4) is 0 Å². The van der Waals surface area contributed by atoms with Crippen LogP contribution in [0.25, 0.3) is 0 Å². The van der Waals surface area contributed by atoms with Gasteiger partial charge in [0.15, 0.2) is 0 Å². The number of aromatic nitrogens is 1. The molecule has 7 atom stereocenters. The summed E-state index contributed by atoms with van der Waals surface area (Å²) in [6, 6.07) is 10.5. The number of likely N-dealkylation sites (tertiary alicyclic amines) is 1. The van der Waals surface area contributed by atoms with Gasteiger partial charge in [0.05, 0.1) is 43.0 Å². The van der Waals surface area contributed by atoms with Crippen molar-refractivity contribution in [2.24, 2.45) is 35.0 Å². The first-order valence-corrected chi connectivity index (χ1v) is 25.7. The van der Waals surface area contributed by atoms with Crippen molar-refractivity contribution in [1.82, 2.24) is 20.1 Å². The topological polar surface area (TPSA) is 222 Å². The van der Waals surface area contributed by atoms with Crippen molar-refractivity contribution in [3.63, 3.8) is 0 Å². The van der Waals surface area contributed by atoms with Crippen LogP contribution < -0.4 is 22.5 Å². The number of methoxy groups -OCH3 is 2. The lowest BCUT2D eigenvalue weighted by Gasteiger charge is -2.38. The molecule has 2 fully saturated rings. The van der Waals surface area contributed by atoms with Gasteiger partial charge in [0.2, 0.25) is 31.0 Å². The highest BCUT2D eigenvalue weighted by molar-refractivity contribution is 7.09. The standard InChI is InChI=1S/C17H33NO2.C12H12N2OS.C10H19NO2.C9H20N2O2.C3H8.CH3NO/c1-6-13(3)17(15(7-2)20-5)18(4)16(19)12-14-10-8-9-11-14;15-9-14-11(12-13-6-7-16-12)8-10-4-2-1-3-5-10;1-8(2)10(13-3)9-5-4-6-11(9)7-12;1-7(4-5-8(10)12)13-6-9(2,3)11;1-3-2;2-1-3/h13-15,17H,6-12H2,1-5H3;1-7,9,11H,8H2,(H,14,15);7-10H,4-6H2,1-3H3;7H,4-6,11H2,1-3H3,(H2,10,12);3H2,1-2H3;1H,(H2,2,3). The number of likely N-dealkylation sites (N-methyl/N-ethyl adjacent to an activating group) is 1. The third kappa shape index (κ3) is 29.8. The van der Waals surface area contributed by atoms with Crippen LogP contribution in [0.2, 0.25) is 0 Å². The Bertz CT molecular complexity index is 1540. The van der Waals surface area contributed by atoms with Crippen LogP contribution in [0.4, 0.5) is 0 Å². The fourth-order valence-electron chi connectivity index (χ4n) is 8.07. The van der Waals surface area contributed by atoms with Crippen molar-refractivity contribution in [2.75, 3.05) is 34.4 Å². The second-order valence-corrected chi connectivity index (χ2v) is 19.7. The quantitative estimate of drug-likeness (QED) is 0.0781. The number of hydrogen-bond acceptors (Lipinski definition) is 11. The number of carbonyl (C=O) groups is 5. The summed E-state index contributed by atoms with van der Waals surface area (Å²) in [4.78, 5) is 61.0. The first-order chi connectivity index (χ1) is 32.3. The highest BCUT2D eigenvalue weighted by Gasteiger charge is 2.34. The summed E-state index contributed by atoms with van der Waals surface area (Å²) in [5.74, 6) is 1.57. The molecule has 1 aromatic carbocycles. The zero-order chi connectivity index (χ0) is 52.1. The molecule has 68 heavy (non-hydrogen) atoms. The van der Waals surface area contributed by atoms with Crippen molar-refractivity contribution in [3.8, 4) is 0 Å². The summed E-state index contributed by atoms with van der Waals surface area (Å²) >= 11 is 1.56. The number of nitrogens with two attached hydrogens (primary N) is 3. The van der Waals surface area contributed by atoms with Gasteiger partial charge in [-0.25, -0.2) is 4.98 Å². The molecule has 15 nitrogen and oxygen atoms in total. The number of rotatable bonds is 23. The second-order valence-electron chi connectivity index (χ2n) is 18.8. The number of nitrogens with zero attached hydrogens (tertiary/aromatic N) is 3. The van der Waals surface area contributed by atoms with Crippen LogP contribution in [0.15, 0.2) is 41.9 Å². The van der Waals surface area contributed by atoms with E-state index in [1.54, 1.807) is 31.8 Å². The van der Waals surface area contributed by atoms with Crippen LogP contribution in [-0.4, -0.2) is 116 Å². The van der Waals surface area contributed by atoms with Gasteiger partial charge in [-0.2, -0.15) is 0 Å². The Morgan fingerprint density at radius 1 is 0.971 bits per heavy atom. The second kappa shape index (κ2) is 39.8. The minimum absolute atomic E-state index is 0.0279. The van der Waals surface area contributed by atoms with Gasteiger partial charge in [-0.15, -0.1) is 11.3 Å². The molecule has 16 heteroatoms. The molecule has 1 saturated carbocycles. The first kappa shape index (κ1) is 66.1. The van der Waals surface area contributed by atoms with E-state index in [9.17, 15) is 19.2 Å². The maximum atomic E-state index is 12.6. The summed E-state index contributed by atoms with van der Waals surface area (Å²) in [6.07, 6.45) is 17.1. The van der Waals surface area contributed by atoms with Gasteiger partial charge in [0.1, 0.15) is 5.01 Å². The Labute approximate surface area is 415 Å². The Kier molecular flexibility index (Phi) is 38.7. The van der Waals surface area contributed by atoms with Crippen LogP contribution in [0.1, 0.15) is 163 Å². The normalized spacial score (nSPS) is 16.9. The molecule has 2 heterocycles. The van der Waals surface area contributed by atoms with Crippen molar-refractivity contribution in [3.05, 3.63) is 52.5 Å². The highest BCUT2D eigenvalue weighted by Crippen LogP contribution is 2.30. The molecular formula is C52H95N7O8S. The van der Waals surface area contributed by atoms with Crippen LogP contribution in [0, 0.1) is 17.8 Å². The Hall–Kier alpha value is -3.96. The van der Waals surface area contributed by atoms with E-state index in [2.05, 4.69) is 64.5 Å². The number of ether oxygens (including phenoxy) is 3. The molecule has 5 amide bonds. The Balaban J connectivity index is 0. The molecule has 1 aromatic heterocycles. The lowest BCUT2D eigenvalue weighted by atomic mass is 9.91. The molecule has 0 bridgehead atoms. The summed E-state index contributed by atoms with van der Waals surface area (Å²) in [5.41, 5.74) is 15.8. The molecule has 1 aliphatic carbocycles. The third-order valence-electron chi connectivity index (χ3n) is 11.7. The molecule has 0 radical (unpaired) electrons. The average Bonchev–Trinajstić information content (AvgIpc) is 4.13. The van der Waals surface area contributed by atoms with Gasteiger partial charge < -0.3 is 46.5 Å². The van der Waals surface area contributed by atoms with E-state index < -0.39 is 0 Å². The number of carbonyl (C=O) groups excluding carboxylic acids is 5. The van der Waals surface area contributed by atoms with E-state index in [0.717, 1.165) is 62.9 Å². The van der Waals surface area contributed by atoms with Crippen LogP contribution >= 0.6 is 11.3 Å². The number of thiazole rings is 1. The van der Waals surface area contributed by atoms with E-state index in [1.165, 1.54) is 37.7 Å². The lowest BCUT2D eigenvalue weighted by Crippen LogP contribution is -2.49. The molecule has 7 unspecified atom stereocenters. The summed E-state index contributed by atoms with van der Waals surface area (Å²) in [6.45, 7) is 22.2. The smallest absolute Gasteiger partial charge is 0.222 e. The molecule has 2 aromatic rings. The van der Waals surface area contributed by atoms with Crippen molar-refractivity contribution >= 4 is 42.4 Å². The number of hydrogen-bond donors (Lipinski definition) is 4. The molecular weight excluding hydrogens is 883 g/mol. The summed E-state index contributed by atoms with van der Waals surface area (Å²) < 4.78 is 16.5. The SMILES string of the molecule is CC(CCC(N)=O)OCC(C)(C)N.CCC.CCC(C)C(C(CC)OC)N(C)C(=O)CC1CCCC1.COC(C(C)C)C1CCCN1C=O.NC=O.O=CNC(Cc1ccccc1)c1nccs1. The zero-order valence-electron chi connectivity index (χ0n) is 44.3. The van der Waals surface area contributed by atoms with Gasteiger partial charge >= 0.3 is 0 Å². The number of primary amides is 2. The van der Waals surface area contributed by atoms with E-state index in [4.69, 9.17) is 30.5 Å². The van der Waals surface area contributed by atoms with E-state index in [-0.39, 0.29) is 48.3 Å². The van der Waals surface area contributed by atoms with Gasteiger partial charge in [-0.05, 0) is 89.0 Å². The molecule has 392 valence electrons. The zero-order valence-corrected chi connectivity index (χ0v) is 45.1. The molecule has 4 rings (SSSR count). The lowest BCUT2D eigenvalue weighted by molar-refractivity contribution is -0.137. The van der Waals surface area contributed by atoms with Crippen LogP contribution in [0.5, 0.6) is 0 Å². The minimum atomic E-state index is -0.318. The van der Waals surface area contributed by atoms with Gasteiger partial charge in [0, 0.05) is 57.8 Å². The molecule has 0 spiro atoms. The highest BCUT2D eigenvalue weighted by atomic mass is 32.1. The average molecular weight is 978 g/mol. The van der Waals surface area contributed by atoms with E-state index >= 15 is 0 Å². The minimum Gasteiger partial charge on any atom is -0.379 e. The number of amides is 5. The monoisotopic (exact) mass is 978 g/mol. The Morgan fingerprint density at radius 2 is 1.57 bits per heavy atom. The number of nitrogens with one attached hydrogen (secondary N) is 1. The molecule has 7 N–H and O–H groups in total. The Morgan fingerprint density at radius 3 is 2.01 bits per heavy atom. The van der Waals surface area contributed by atoms with Crippen LogP contribution in [-0.2, 0) is 44.6 Å². The van der Waals surface area contributed by atoms with E-state index in [0.29, 0.717) is 49.2 Å². The van der Waals surface area contributed by atoms with Gasteiger partial charge in [-0.3, -0.25) is 24.0 Å². The third-order valence-corrected chi connectivity index (χ3v) is 12.6. The molecule has 2 aliphatic rings. The fraction of sp³-hybridized carbons (Fsp3) is 0.731. The van der Waals surface area contributed by atoms with Crippen molar-refractivity contribution in [2.45, 2.75) is 195 Å². The predicted molar refractivity (Wildman–Crippen MR) is 278 cm³/mol. The van der Waals surface area contributed by atoms with E-state index in [1.807, 2.05) is 73.3 Å². The van der Waals surface area contributed by atoms with Crippen molar-refractivity contribution in [1.29, 1.82) is 0 Å². The van der Waals surface area contributed by atoms with Crippen molar-refractivity contribution < 1.29 is 38.2 Å². The summed E-state index contributed by atoms with van der Waals surface area (Å²) in [7, 11) is 5.46. The molecule has 1 saturated heterocycles. The maximum absolute atomic E-state index is 12.6.